The van der Waals surface area contributed by atoms with Crippen molar-refractivity contribution < 1.29 is 4.79 Å². The molecule has 1 amide bonds. The number of fused-ring (bicyclic) bond motifs is 1. The fraction of sp³-hybridized carbons (Fsp3) is 0.278. The number of aromatic nitrogens is 1. The molecule has 1 aromatic carbocycles. The van der Waals surface area contributed by atoms with Crippen molar-refractivity contribution in [1.82, 2.24) is 9.88 Å². The zero-order chi connectivity index (χ0) is 14.9. The summed E-state index contributed by atoms with van der Waals surface area (Å²) in [7, 11) is 0. The average molecular weight is 310 g/mol. The van der Waals surface area contributed by atoms with Crippen molar-refractivity contribution in [3.8, 4) is 0 Å². The van der Waals surface area contributed by atoms with E-state index in [0.29, 0.717) is 12.3 Å². The second-order valence-electron chi connectivity index (χ2n) is 5.87. The molecule has 0 radical (unpaired) electrons. The molecule has 1 saturated heterocycles. The molecule has 4 heteroatoms. The van der Waals surface area contributed by atoms with Crippen LogP contribution >= 0.6 is 11.3 Å². The minimum atomic E-state index is 0.254. The van der Waals surface area contributed by atoms with Gasteiger partial charge in [0.05, 0.1) is 6.42 Å². The van der Waals surface area contributed by atoms with Gasteiger partial charge in [0.25, 0.3) is 0 Å². The molecule has 3 heterocycles. The Labute approximate surface area is 133 Å². The number of rotatable bonds is 3. The van der Waals surface area contributed by atoms with E-state index < -0.39 is 0 Å². The third-order valence-corrected chi connectivity index (χ3v) is 5.38. The second-order valence-corrected chi connectivity index (χ2v) is 6.90. The van der Waals surface area contributed by atoms with Gasteiger partial charge in [0.2, 0.25) is 5.91 Å². The van der Waals surface area contributed by atoms with Crippen molar-refractivity contribution >= 4 is 28.1 Å². The molecule has 1 atom stereocenters. The highest BCUT2D eigenvalue weighted by Crippen LogP contribution is 2.32. The third kappa shape index (κ3) is 2.44. The first-order valence-electron chi connectivity index (χ1n) is 7.67. The molecule has 0 saturated carbocycles. The first-order valence-corrected chi connectivity index (χ1v) is 8.55. The lowest BCUT2D eigenvalue weighted by atomic mass is 9.98. The summed E-state index contributed by atoms with van der Waals surface area (Å²) in [6.45, 7) is 1.71. The number of nitrogens with zero attached hydrogens (tertiary/aromatic N) is 1. The zero-order valence-electron chi connectivity index (χ0n) is 12.3. The van der Waals surface area contributed by atoms with Gasteiger partial charge in [-0.05, 0) is 29.5 Å². The van der Waals surface area contributed by atoms with Crippen LogP contribution in [0, 0.1) is 0 Å². The molecule has 1 aliphatic heterocycles. The van der Waals surface area contributed by atoms with E-state index >= 15 is 0 Å². The van der Waals surface area contributed by atoms with Crippen molar-refractivity contribution in [2.45, 2.75) is 18.8 Å². The lowest BCUT2D eigenvalue weighted by Crippen LogP contribution is -2.29. The topological polar surface area (TPSA) is 36.1 Å². The number of amides is 1. The quantitative estimate of drug-likeness (QED) is 0.785. The third-order valence-electron chi connectivity index (χ3n) is 4.51. The number of likely N-dealkylation sites (tertiary alicyclic amines) is 1. The summed E-state index contributed by atoms with van der Waals surface area (Å²) in [6.07, 6.45) is 3.71. The fourth-order valence-electron chi connectivity index (χ4n) is 3.35. The molecule has 1 fully saturated rings. The molecule has 112 valence electrons. The van der Waals surface area contributed by atoms with Gasteiger partial charge >= 0.3 is 0 Å². The average Bonchev–Trinajstić information content (AvgIpc) is 3.27. The van der Waals surface area contributed by atoms with Gasteiger partial charge in [0.15, 0.2) is 0 Å². The Morgan fingerprint density at radius 2 is 2.18 bits per heavy atom. The molecule has 4 rings (SSSR count). The number of carbonyl (C=O) groups excluding carboxylic acids is 1. The highest BCUT2D eigenvalue weighted by Gasteiger charge is 2.28. The maximum absolute atomic E-state index is 12.4. The highest BCUT2D eigenvalue weighted by molar-refractivity contribution is 7.10. The van der Waals surface area contributed by atoms with Crippen molar-refractivity contribution in [1.29, 1.82) is 0 Å². The second kappa shape index (κ2) is 5.61. The minimum Gasteiger partial charge on any atom is -0.361 e. The van der Waals surface area contributed by atoms with Gasteiger partial charge in [-0.25, -0.2) is 0 Å². The maximum Gasteiger partial charge on any atom is 0.227 e. The van der Waals surface area contributed by atoms with E-state index in [9.17, 15) is 4.79 Å². The van der Waals surface area contributed by atoms with E-state index in [1.807, 2.05) is 28.5 Å². The van der Waals surface area contributed by atoms with Crippen molar-refractivity contribution in [3.05, 3.63) is 58.4 Å². The summed E-state index contributed by atoms with van der Waals surface area (Å²) in [5, 5.41) is 3.32. The van der Waals surface area contributed by atoms with Crippen LogP contribution in [0.1, 0.15) is 22.8 Å². The number of hydrogen-bond donors (Lipinski definition) is 1. The molecule has 0 bridgehead atoms. The van der Waals surface area contributed by atoms with E-state index in [4.69, 9.17) is 0 Å². The number of carbonyl (C=O) groups is 1. The van der Waals surface area contributed by atoms with Gasteiger partial charge in [-0.15, -0.1) is 11.3 Å². The molecule has 0 spiro atoms. The van der Waals surface area contributed by atoms with Gasteiger partial charge in [0.1, 0.15) is 0 Å². The first-order chi connectivity index (χ1) is 10.8. The van der Waals surface area contributed by atoms with Crippen LogP contribution in [0.2, 0.25) is 0 Å². The van der Waals surface area contributed by atoms with E-state index in [1.165, 1.54) is 16.5 Å². The van der Waals surface area contributed by atoms with Gasteiger partial charge in [0, 0.05) is 41.0 Å². The minimum absolute atomic E-state index is 0.254. The summed E-state index contributed by atoms with van der Waals surface area (Å²) < 4.78 is 0. The Kier molecular flexibility index (Phi) is 3.47. The van der Waals surface area contributed by atoms with Gasteiger partial charge in [-0.1, -0.05) is 24.3 Å². The molecule has 22 heavy (non-hydrogen) atoms. The fourth-order valence-corrected chi connectivity index (χ4v) is 4.04. The Bertz CT molecular complexity index is 790. The number of H-pyrrole nitrogens is 1. The predicted octanol–water partition coefficient (Wildman–Crippen LogP) is 3.79. The summed E-state index contributed by atoms with van der Waals surface area (Å²) >= 11 is 1.66. The predicted molar refractivity (Wildman–Crippen MR) is 90.3 cm³/mol. The SMILES string of the molecule is O=C(Cc1cccs1)N1CCC(c2c[nH]c3ccccc23)C1. The van der Waals surface area contributed by atoms with E-state index in [2.05, 4.69) is 29.4 Å². The van der Waals surface area contributed by atoms with Gasteiger partial charge in [-0.3, -0.25) is 4.79 Å². The summed E-state index contributed by atoms with van der Waals surface area (Å²) in [5.74, 6) is 0.702. The number of benzene rings is 1. The summed E-state index contributed by atoms with van der Waals surface area (Å²) in [6, 6.07) is 12.4. The molecule has 1 aliphatic rings. The maximum atomic E-state index is 12.4. The molecule has 3 nitrogen and oxygen atoms in total. The monoisotopic (exact) mass is 310 g/mol. The van der Waals surface area contributed by atoms with Crippen molar-refractivity contribution in [3.63, 3.8) is 0 Å². The number of thiophene rings is 1. The van der Waals surface area contributed by atoms with Gasteiger partial charge < -0.3 is 9.88 Å². The normalized spacial score (nSPS) is 18.2. The Morgan fingerprint density at radius 3 is 3.05 bits per heavy atom. The standard InChI is InChI=1S/C18H18N2OS/c21-18(10-14-4-3-9-22-14)20-8-7-13(12-20)16-11-19-17-6-2-1-5-15(16)17/h1-6,9,11,13,19H,7-8,10,12H2. The molecule has 1 unspecified atom stereocenters. The number of para-hydroxylation sites is 1. The van der Waals surface area contributed by atoms with Crippen LogP contribution in [0.15, 0.2) is 48.0 Å². The van der Waals surface area contributed by atoms with Crippen molar-refractivity contribution in [2.75, 3.05) is 13.1 Å². The van der Waals surface area contributed by atoms with Gasteiger partial charge in [-0.2, -0.15) is 0 Å². The van der Waals surface area contributed by atoms with Crippen LogP contribution in [0.4, 0.5) is 0 Å². The lowest BCUT2D eigenvalue weighted by molar-refractivity contribution is -0.129. The molecule has 0 aliphatic carbocycles. The van der Waals surface area contributed by atoms with Crippen LogP contribution in [-0.4, -0.2) is 28.9 Å². The molecular weight excluding hydrogens is 292 g/mol. The zero-order valence-corrected chi connectivity index (χ0v) is 13.1. The highest BCUT2D eigenvalue weighted by atomic mass is 32.1. The molecular formula is C18H18N2OS. The first kappa shape index (κ1) is 13.6. The molecule has 2 aromatic heterocycles. The Balaban J connectivity index is 1.49. The smallest absolute Gasteiger partial charge is 0.227 e. The van der Waals surface area contributed by atoms with Crippen LogP contribution in [0.25, 0.3) is 10.9 Å². The van der Waals surface area contributed by atoms with Crippen molar-refractivity contribution in [2.24, 2.45) is 0 Å². The Morgan fingerprint density at radius 1 is 1.27 bits per heavy atom. The van der Waals surface area contributed by atoms with Crippen LogP contribution in [-0.2, 0) is 11.2 Å². The number of hydrogen-bond acceptors (Lipinski definition) is 2. The lowest BCUT2D eigenvalue weighted by Gasteiger charge is -2.16. The molecule has 1 N–H and O–H groups in total. The van der Waals surface area contributed by atoms with Crippen LogP contribution < -0.4 is 0 Å². The Hall–Kier alpha value is -2.07. The van der Waals surface area contributed by atoms with Crippen LogP contribution in [0.5, 0.6) is 0 Å². The van der Waals surface area contributed by atoms with E-state index in [0.717, 1.165) is 24.4 Å². The molecule has 3 aromatic rings. The van der Waals surface area contributed by atoms with E-state index in [1.54, 1.807) is 11.3 Å². The summed E-state index contributed by atoms with van der Waals surface area (Å²) in [5.41, 5.74) is 2.53. The number of aromatic amines is 1. The largest absolute Gasteiger partial charge is 0.361 e. The van der Waals surface area contributed by atoms with Crippen LogP contribution in [0.3, 0.4) is 0 Å². The van der Waals surface area contributed by atoms with E-state index in [-0.39, 0.29) is 5.91 Å². The summed E-state index contributed by atoms with van der Waals surface area (Å²) in [4.78, 5) is 18.9. The number of nitrogens with one attached hydrogen (secondary N) is 1.